The maximum Gasteiger partial charge on any atom is 0.382 e. The highest BCUT2D eigenvalue weighted by Gasteiger charge is 2.08. The van der Waals surface area contributed by atoms with Crippen LogP contribution in [0.4, 0.5) is 5.82 Å². The van der Waals surface area contributed by atoms with Gasteiger partial charge in [-0.1, -0.05) is 12.1 Å². The van der Waals surface area contributed by atoms with E-state index in [1.807, 2.05) is 6.07 Å². The second-order valence-electron chi connectivity index (χ2n) is 2.47. The van der Waals surface area contributed by atoms with Crippen molar-refractivity contribution in [3.8, 4) is 0 Å². The molecule has 1 aromatic heterocycles. The lowest BCUT2D eigenvalue weighted by Gasteiger charge is -1.92. The van der Waals surface area contributed by atoms with E-state index >= 15 is 0 Å². The minimum Gasteiger partial charge on any atom is -0.358 e. The van der Waals surface area contributed by atoms with E-state index in [1.165, 1.54) is 0 Å². The fourth-order valence-electron chi connectivity index (χ4n) is 1.04. The molecule has 0 fully saturated rings. The second-order valence-corrected chi connectivity index (χ2v) is 2.47. The summed E-state index contributed by atoms with van der Waals surface area (Å²) in [4.78, 5) is 17.5. The van der Waals surface area contributed by atoms with E-state index in [1.54, 1.807) is 18.2 Å². The molecule has 2 aromatic rings. The molecule has 5 heteroatoms. The maximum absolute atomic E-state index is 10.3. The zero-order chi connectivity index (χ0) is 9.26. The summed E-state index contributed by atoms with van der Waals surface area (Å²) < 4.78 is 0. The molecule has 0 aliphatic carbocycles. The third-order valence-corrected chi connectivity index (χ3v) is 1.62. The van der Waals surface area contributed by atoms with Gasteiger partial charge in [-0.15, -0.1) is 0 Å². The highest BCUT2D eigenvalue weighted by molar-refractivity contribution is 5.74. The Morgan fingerprint density at radius 3 is 2.62 bits per heavy atom. The fourth-order valence-corrected chi connectivity index (χ4v) is 1.04. The lowest BCUT2D eigenvalue weighted by Crippen LogP contribution is -1.93. The van der Waals surface area contributed by atoms with Gasteiger partial charge >= 0.3 is 5.82 Å². The molecule has 0 spiro atoms. The summed E-state index contributed by atoms with van der Waals surface area (Å²) in [5.74, 6) is -0.223. The SMILES string of the molecule is O=[N+]([O-])c1cnc2ccccc2n1. The van der Waals surface area contributed by atoms with Crippen molar-refractivity contribution < 1.29 is 4.92 Å². The van der Waals surface area contributed by atoms with Crippen LogP contribution in [0, 0.1) is 10.1 Å². The molecule has 0 amide bonds. The fraction of sp³-hybridized carbons (Fsp3) is 0. The normalized spacial score (nSPS) is 10.2. The molecule has 13 heavy (non-hydrogen) atoms. The molecule has 0 aliphatic rings. The van der Waals surface area contributed by atoms with Gasteiger partial charge in [0.1, 0.15) is 11.7 Å². The Balaban J connectivity index is 2.69. The third kappa shape index (κ3) is 1.31. The molecule has 0 N–H and O–H groups in total. The van der Waals surface area contributed by atoms with Crippen LogP contribution in [0.2, 0.25) is 0 Å². The Hall–Kier alpha value is -2.04. The van der Waals surface area contributed by atoms with Crippen molar-refractivity contribution in [2.24, 2.45) is 0 Å². The summed E-state index contributed by atoms with van der Waals surface area (Å²) >= 11 is 0. The van der Waals surface area contributed by atoms with Crippen LogP contribution < -0.4 is 0 Å². The predicted octanol–water partition coefficient (Wildman–Crippen LogP) is 1.54. The highest BCUT2D eigenvalue weighted by atomic mass is 16.6. The van der Waals surface area contributed by atoms with Gasteiger partial charge in [-0.2, -0.15) is 0 Å². The van der Waals surface area contributed by atoms with Crippen molar-refractivity contribution >= 4 is 16.9 Å². The van der Waals surface area contributed by atoms with Crippen LogP contribution in [0.3, 0.4) is 0 Å². The van der Waals surface area contributed by atoms with E-state index in [0.717, 1.165) is 6.20 Å². The zero-order valence-corrected chi connectivity index (χ0v) is 6.54. The lowest BCUT2D eigenvalue weighted by molar-refractivity contribution is -0.389. The highest BCUT2D eigenvalue weighted by Crippen LogP contribution is 2.12. The van der Waals surface area contributed by atoms with Gasteiger partial charge in [-0.25, -0.2) is 4.98 Å². The van der Waals surface area contributed by atoms with Gasteiger partial charge in [-0.05, 0) is 22.0 Å². The number of para-hydroxylation sites is 2. The van der Waals surface area contributed by atoms with E-state index in [0.29, 0.717) is 11.0 Å². The number of hydrogen-bond acceptors (Lipinski definition) is 4. The molecule has 0 unspecified atom stereocenters. The minimum atomic E-state index is -0.556. The summed E-state index contributed by atoms with van der Waals surface area (Å²) in [7, 11) is 0. The van der Waals surface area contributed by atoms with Gasteiger partial charge in [0.2, 0.25) is 5.52 Å². The van der Waals surface area contributed by atoms with Crippen LogP contribution in [0.5, 0.6) is 0 Å². The first-order valence-electron chi connectivity index (χ1n) is 3.63. The van der Waals surface area contributed by atoms with Gasteiger partial charge in [0.15, 0.2) is 0 Å². The molecule has 2 rings (SSSR count). The Labute approximate surface area is 73.2 Å². The summed E-state index contributed by atoms with van der Waals surface area (Å²) in [6.07, 6.45) is 1.16. The van der Waals surface area contributed by atoms with Crippen molar-refractivity contribution in [1.29, 1.82) is 0 Å². The number of nitrogens with zero attached hydrogens (tertiary/aromatic N) is 3. The van der Waals surface area contributed by atoms with Crippen molar-refractivity contribution in [1.82, 2.24) is 9.97 Å². The van der Waals surface area contributed by atoms with E-state index in [9.17, 15) is 10.1 Å². The number of fused-ring (bicyclic) bond motifs is 1. The Kier molecular flexibility index (Phi) is 1.63. The monoisotopic (exact) mass is 175 g/mol. The first kappa shape index (κ1) is 7.60. The number of hydrogen-bond donors (Lipinski definition) is 0. The summed E-state index contributed by atoms with van der Waals surface area (Å²) in [5.41, 5.74) is 1.20. The molecule has 1 aromatic carbocycles. The minimum absolute atomic E-state index is 0.223. The lowest BCUT2D eigenvalue weighted by atomic mass is 10.3. The molecule has 0 radical (unpaired) electrons. The van der Waals surface area contributed by atoms with Crippen LogP contribution in [0.25, 0.3) is 11.0 Å². The molecular weight excluding hydrogens is 170 g/mol. The van der Waals surface area contributed by atoms with Crippen LogP contribution in [-0.2, 0) is 0 Å². The Morgan fingerprint density at radius 1 is 1.23 bits per heavy atom. The standard InChI is InChI=1S/C8H5N3O2/c12-11(13)8-5-9-6-3-1-2-4-7(6)10-8/h1-5H. The van der Waals surface area contributed by atoms with Crippen LogP contribution in [0.1, 0.15) is 0 Å². The van der Waals surface area contributed by atoms with Crippen LogP contribution in [0.15, 0.2) is 30.5 Å². The summed E-state index contributed by atoms with van der Waals surface area (Å²) in [6.45, 7) is 0. The molecule has 64 valence electrons. The molecule has 0 bridgehead atoms. The first-order valence-corrected chi connectivity index (χ1v) is 3.63. The van der Waals surface area contributed by atoms with E-state index in [4.69, 9.17) is 0 Å². The molecule has 5 nitrogen and oxygen atoms in total. The number of benzene rings is 1. The third-order valence-electron chi connectivity index (χ3n) is 1.62. The number of aromatic nitrogens is 2. The van der Waals surface area contributed by atoms with Gasteiger partial charge < -0.3 is 10.1 Å². The average molecular weight is 175 g/mol. The van der Waals surface area contributed by atoms with Crippen LogP contribution >= 0.6 is 0 Å². The first-order chi connectivity index (χ1) is 6.27. The van der Waals surface area contributed by atoms with Gasteiger partial charge in [0, 0.05) is 0 Å². The zero-order valence-electron chi connectivity index (χ0n) is 6.54. The van der Waals surface area contributed by atoms with Gasteiger partial charge in [0.25, 0.3) is 0 Å². The molecular formula is C8H5N3O2. The smallest absolute Gasteiger partial charge is 0.358 e. The van der Waals surface area contributed by atoms with E-state index in [2.05, 4.69) is 9.97 Å². The largest absolute Gasteiger partial charge is 0.382 e. The van der Waals surface area contributed by atoms with Crippen LogP contribution in [-0.4, -0.2) is 14.9 Å². The molecule has 0 saturated heterocycles. The Bertz CT molecular complexity index is 470. The van der Waals surface area contributed by atoms with E-state index < -0.39 is 4.92 Å². The number of nitro groups is 1. The quantitative estimate of drug-likeness (QED) is 0.487. The van der Waals surface area contributed by atoms with Crippen molar-refractivity contribution in [2.75, 3.05) is 0 Å². The number of rotatable bonds is 1. The average Bonchev–Trinajstić information content (AvgIpc) is 2.17. The molecule has 0 aliphatic heterocycles. The van der Waals surface area contributed by atoms with Crippen molar-refractivity contribution in [3.05, 3.63) is 40.6 Å². The molecule has 0 saturated carbocycles. The molecule has 1 heterocycles. The molecule has 0 atom stereocenters. The topological polar surface area (TPSA) is 68.9 Å². The maximum atomic E-state index is 10.3. The van der Waals surface area contributed by atoms with Crippen molar-refractivity contribution in [2.45, 2.75) is 0 Å². The second kappa shape index (κ2) is 2.78. The predicted molar refractivity (Wildman–Crippen MR) is 46.2 cm³/mol. The van der Waals surface area contributed by atoms with Gasteiger partial charge in [0.05, 0.1) is 0 Å². The summed E-state index contributed by atoms with van der Waals surface area (Å²) in [6, 6.07) is 7.02. The summed E-state index contributed by atoms with van der Waals surface area (Å²) in [5, 5.41) is 10.3. The van der Waals surface area contributed by atoms with Crippen molar-refractivity contribution in [3.63, 3.8) is 0 Å². The van der Waals surface area contributed by atoms with E-state index in [-0.39, 0.29) is 5.82 Å². The van der Waals surface area contributed by atoms with Gasteiger partial charge in [-0.3, -0.25) is 0 Å². The Morgan fingerprint density at radius 2 is 1.92 bits per heavy atom.